The first-order valence-corrected chi connectivity index (χ1v) is 6.61. The lowest BCUT2D eigenvalue weighted by atomic mass is 10.3. The minimum Gasteiger partial charge on any atom is -0.384 e. The average molecular weight is 321 g/mol. The molecule has 5 nitrogen and oxygen atoms in total. The number of anilines is 2. The van der Waals surface area contributed by atoms with Crippen molar-refractivity contribution in [3.05, 3.63) is 47.0 Å². The van der Waals surface area contributed by atoms with Crippen molar-refractivity contribution in [2.45, 2.75) is 6.92 Å². The summed E-state index contributed by atoms with van der Waals surface area (Å²) < 4.78 is 0.729. The lowest BCUT2D eigenvalue weighted by molar-refractivity contribution is 0.102. The molecule has 0 atom stereocenters. The molecule has 0 fully saturated rings. The van der Waals surface area contributed by atoms with Gasteiger partial charge in [-0.3, -0.25) is 9.78 Å². The number of aromatic nitrogens is 2. The van der Waals surface area contributed by atoms with Crippen LogP contribution >= 0.6 is 15.9 Å². The zero-order valence-electron chi connectivity index (χ0n) is 10.4. The van der Waals surface area contributed by atoms with E-state index in [1.807, 2.05) is 13.0 Å². The van der Waals surface area contributed by atoms with E-state index in [-0.39, 0.29) is 5.91 Å². The van der Waals surface area contributed by atoms with Crippen LogP contribution in [0.15, 0.2) is 41.3 Å². The van der Waals surface area contributed by atoms with E-state index in [0.717, 1.165) is 16.7 Å². The van der Waals surface area contributed by atoms with Crippen molar-refractivity contribution in [2.75, 3.05) is 17.2 Å². The summed E-state index contributed by atoms with van der Waals surface area (Å²) in [4.78, 5) is 20.1. The maximum Gasteiger partial charge on any atom is 0.274 e. The molecule has 6 heteroatoms. The van der Waals surface area contributed by atoms with Crippen molar-refractivity contribution in [1.29, 1.82) is 0 Å². The van der Waals surface area contributed by atoms with Crippen LogP contribution in [0.5, 0.6) is 0 Å². The molecule has 0 saturated carbocycles. The Morgan fingerprint density at radius 3 is 2.79 bits per heavy atom. The van der Waals surface area contributed by atoms with Gasteiger partial charge in [0.25, 0.3) is 5.91 Å². The fourth-order valence-electron chi connectivity index (χ4n) is 1.50. The molecule has 0 saturated heterocycles. The van der Waals surface area contributed by atoms with Crippen LogP contribution in [0, 0.1) is 0 Å². The number of nitrogens with one attached hydrogen (secondary N) is 2. The summed E-state index contributed by atoms with van der Waals surface area (Å²) >= 11 is 3.32. The van der Waals surface area contributed by atoms with Crippen LogP contribution in [-0.4, -0.2) is 22.4 Å². The van der Waals surface area contributed by atoms with Gasteiger partial charge in [-0.15, -0.1) is 0 Å². The predicted octanol–water partition coefficient (Wildman–Crippen LogP) is 2.92. The van der Waals surface area contributed by atoms with Crippen LogP contribution in [0.1, 0.15) is 17.4 Å². The van der Waals surface area contributed by atoms with Gasteiger partial charge in [0.15, 0.2) is 0 Å². The molecule has 0 unspecified atom stereocenters. The normalized spacial score (nSPS) is 10.0. The molecule has 0 aromatic carbocycles. The number of hydrogen-bond acceptors (Lipinski definition) is 4. The minimum absolute atomic E-state index is 0.255. The lowest BCUT2D eigenvalue weighted by Gasteiger charge is -2.07. The number of amides is 1. The minimum atomic E-state index is -0.255. The second kappa shape index (κ2) is 6.29. The Kier molecular flexibility index (Phi) is 4.46. The molecule has 0 aliphatic rings. The Hall–Kier alpha value is -1.95. The summed E-state index contributed by atoms with van der Waals surface area (Å²) in [6, 6.07) is 5.23. The number of carbonyl (C=O) groups is 1. The van der Waals surface area contributed by atoms with Gasteiger partial charge in [0, 0.05) is 18.9 Å². The molecular weight excluding hydrogens is 308 g/mol. The Bertz CT molecular complexity index is 571. The van der Waals surface area contributed by atoms with Crippen molar-refractivity contribution in [3.63, 3.8) is 0 Å². The fraction of sp³-hybridized carbons (Fsp3) is 0.154. The van der Waals surface area contributed by atoms with E-state index in [1.165, 1.54) is 0 Å². The molecular formula is C13H13BrN4O. The summed E-state index contributed by atoms with van der Waals surface area (Å²) in [7, 11) is 0. The van der Waals surface area contributed by atoms with Gasteiger partial charge in [0.2, 0.25) is 0 Å². The smallest absolute Gasteiger partial charge is 0.274 e. The van der Waals surface area contributed by atoms with Gasteiger partial charge in [-0.05, 0) is 41.1 Å². The van der Waals surface area contributed by atoms with Crippen molar-refractivity contribution < 1.29 is 4.79 Å². The molecule has 0 bridgehead atoms. The molecule has 2 aromatic heterocycles. The Balaban J connectivity index is 2.10. The highest BCUT2D eigenvalue weighted by Gasteiger charge is 2.09. The zero-order chi connectivity index (χ0) is 13.7. The van der Waals surface area contributed by atoms with Gasteiger partial charge in [0.1, 0.15) is 5.69 Å². The molecule has 0 spiro atoms. The molecule has 0 aliphatic carbocycles. The van der Waals surface area contributed by atoms with Gasteiger partial charge in [-0.25, -0.2) is 4.98 Å². The molecule has 2 heterocycles. The van der Waals surface area contributed by atoms with Gasteiger partial charge in [0.05, 0.1) is 22.0 Å². The van der Waals surface area contributed by atoms with Crippen molar-refractivity contribution in [2.24, 2.45) is 0 Å². The largest absolute Gasteiger partial charge is 0.384 e. The second-order valence-corrected chi connectivity index (χ2v) is 4.63. The van der Waals surface area contributed by atoms with E-state index in [9.17, 15) is 4.79 Å². The van der Waals surface area contributed by atoms with Crippen LogP contribution < -0.4 is 10.6 Å². The van der Waals surface area contributed by atoms with E-state index in [0.29, 0.717) is 11.4 Å². The third kappa shape index (κ3) is 3.51. The lowest BCUT2D eigenvalue weighted by Crippen LogP contribution is -2.14. The van der Waals surface area contributed by atoms with E-state index >= 15 is 0 Å². The summed E-state index contributed by atoms with van der Waals surface area (Å²) in [5.74, 6) is -0.255. The van der Waals surface area contributed by atoms with Crippen LogP contribution in [0.2, 0.25) is 0 Å². The average Bonchev–Trinajstić information content (AvgIpc) is 2.42. The first-order chi connectivity index (χ1) is 9.20. The highest BCUT2D eigenvalue weighted by atomic mass is 79.9. The van der Waals surface area contributed by atoms with Crippen LogP contribution in [0.4, 0.5) is 11.4 Å². The summed E-state index contributed by atoms with van der Waals surface area (Å²) in [6.45, 7) is 2.82. The number of halogens is 1. The maximum absolute atomic E-state index is 12.0. The monoisotopic (exact) mass is 320 g/mol. The van der Waals surface area contributed by atoms with Gasteiger partial charge in [-0.1, -0.05) is 0 Å². The molecule has 0 aliphatic heterocycles. The molecule has 98 valence electrons. The first kappa shape index (κ1) is 13.5. The third-order valence-corrected chi connectivity index (χ3v) is 3.03. The van der Waals surface area contributed by atoms with Gasteiger partial charge >= 0.3 is 0 Å². The molecule has 2 N–H and O–H groups in total. The van der Waals surface area contributed by atoms with Crippen molar-refractivity contribution in [1.82, 2.24) is 9.97 Å². The highest BCUT2D eigenvalue weighted by molar-refractivity contribution is 9.10. The predicted molar refractivity (Wildman–Crippen MR) is 78.3 cm³/mol. The summed E-state index contributed by atoms with van der Waals surface area (Å²) in [6.07, 6.45) is 4.87. The molecule has 2 rings (SSSR count). The molecule has 0 radical (unpaired) electrons. The summed E-state index contributed by atoms with van der Waals surface area (Å²) in [5.41, 5.74) is 1.92. The van der Waals surface area contributed by atoms with Crippen LogP contribution in [0.25, 0.3) is 0 Å². The van der Waals surface area contributed by atoms with E-state index in [1.54, 1.807) is 30.7 Å². The highest BCUT2D eigenvalue weighted by Crippen LogP contribution is 2.20. The number of rotatable bonds is 4. The molecule has 1 amide bonds. The Morgan fingerprint density at radius 1 is 1.32 bits per heavy atom. The van der Waals surface area contributed by atoms with E-state index in [4.69, 9.17) is 0 Å². The van der Waals surface area contributed by atoms with Crippen LogP contribution in [0.3, 0.4) is 0 Å². The van der Waals surface area contributed by atoms with Crippen molar-refractivity contribution in [3.8, 4) is 0 Å². The van der Waals surface area contributed by atoms with E-state index in [2.05, 4.69) is 36.5 Å². The topological polar surface area (TPSA) is 66.9 Å². The second-order valence-electron chi connectivity index (χ2n) is 3.77. The SMILES string of the molecule is CCNc1ccc(C(=O)Nc2ccncc2Br)nc1. The first-order valence-electron chi connectivity index (χ1n) is 5.81. The molecule has 2 aromatic rings. The molecule has 19 heavy (non-hydrogen) atoms. The standard InChI is InChI=1S/C13H13BrN4O/c1-2-16-9-3-4-12(17-7-9)13(19)18-11-5-6-15-8-10(11)14/h3-8,16H,2H2,1H3,(H,15,18,19). The third-order valence-electron chi connectivity index (χ3n) is 2.40. The quantitative estimate of drug-likeness (QED) is 0.909. The number of carbonyl (C=O) groups excluding carboxylic acids is 1. The number of nitrogens with zero attached hydrogens (tertiary/aromatic N) is 2. The van der Waals surface area contributed by atoms with Gasteiger partial charge < -0.3 is 10.6 Å². The van der Waals surface area contributed by atoms with Crippen molar-refractivity contribution >= 4 is 33.2 Å². The zero-order valence-corrected chi connectivity index (χ0v) is 11.9. The number of pyridine rings is 2. The maximum atomic E-state index is 12.0. The van der Waals surface area contributed by atoms with Crippen LogP contribution in [-0.2, 0) is 0 Å². The number of hydrogen-bond donors (Lipinski definition) is 2. The van der Waals surface area contributed by atoms with E-state index < -0.39 is 0 Å². The Morgan fingerprint density at radius 2 is 2.16 bits per heavy atom. The summed E-state index contributed by atoms with van der Waals surface area (Å²) in [5, 5.41) is 5.89. The fourth-order valence-corrected chi connectivity index (χ4v) is 1.85. The van der Waals surface area contributed by atoms with Gasteiger partial charge in [-0.2, -0.15) is 0 Å². The Labute approximate surface area is 119 Å².